The number of anilines is 1. The third kappa shape index (κ3) is 19.1. The van der Waals surface area contributed by atoms with Gasteiger partial charge in [-0.25, -0.2) is 28.6 Å². The summed E-state index contributed by atoms with van der Waals surface area (Å²) in [5, 5.41) is 36.4. The summed E-state index contributed by atoms with van der Waals surface area (Å²) in [6.07, 6.45) is 5.67. The highest BCUT2D eigenvalue weighted by molar-refractivity contribution is 8.13. The Hall–Kier alpha value is -3.00. The van der Waals surface area contributed by atoms with Gasteiger partial charge in [-0.2, -0.15) is 4.31 Å². The maximum Gasteiger partial charge on any atom is 0.481 e. The first-order valence-electron chi connectivity index (χ1n) is 20.0. The Balaban J connectivity index is 1.37. The van der Waals surface area contributed by atoms with Crippen molar-refractivity contribution in [1.29, 1.82) is 0 Å². The van der Waals surface area contributed by atoms with Crippen LogP contribution in [0.4, 0.5) is 5.82 Å². The number of phosphoric acid groups is 3. The fourth-order valence-electron chi connectivity index (χ4n) is 5.85. The Labute approximate surface area is 373 Å². The van der Waals surface area contributed by atoms with Crippen molar-refractivity contribution in [1.82, 2.24) is 30.2 Å². The Kier molecular flexibility index (Phi) is 22.3. The molecule has 0 radical (unpaired) electrons. The molecule has 362 valence electrons. The van der Waals surface area contributed by atoms with Gasteiger partial charge in [0.25, 0.3) is 0 Å². The number of phosphoric ester groups is 3. The summed E-state index contributed by atoms with van der Waals surface area (Å²) in [4.78, 5) is 88.2. The van der Waals surface area contributed by atoms with E-state index in [1.807, 2.05) is 0 Å². The van der Waals surface area contributed by atoms with Crippen molar-refractivity contribution < 1.29 is 85.6 Å². The number of aromatic nitrogens is 4. The molecule has 25 nitrogen and oxygen atoms in total. The predicted octanol–water partition coefficient (Wildman–Crippen LogP) is 1.89. The fourth-order valence-corrected chi connectivity index (χ4v) is 9.42. The van der Waals surface area contributed by atoms with Gasteiger partial charge in [-0.3, -0.25) is 32.5 Å². The molecule has 3 heterocycles. The number of unbranched alkanes of at least 4 members (excludes halogenated alkanes) is 2. The second kappa shape index (κ2) is 25.8. The number of aliphatic hydroxyl groups excluding tert-OH is 3. The summed E-state index contributed by atoms with van der Waals surface area (Å²) in [7, 11) is -16.4. The van der Waals surface area contributed by atoms with E-state index in [9.17, 15) is 63.0 Å². The summed E-state index contributed by atoms with van der Waals surface area (Å²) in [6, 6.07) is 0. The lowest BCUT2D eigenvalue weighted by atomic mass is 9.87. The van der Waals surface area contributed by atoms with Crippen molar-refractivity contribution in [2.45, 2.75) is 109 Å². The van der Waals surface area contributed by atoms with Gasteiger partial charge in [-0.15, -0.1) is 0 Å². The van der Waals surface area contributed by atoms with Crippen LogP contribution in [0.3, 0.4) is 0 Å². The van der Waals surface area contributed by atoms with E-state index in [1.54, 1.807) is 0 Å². The van der Waals surface area contributed by atoms with Crippen molar-refractivity contribution in [3.63, 3.8) is 0 Å². The number of thioether (sulfide) groups is 1. The molecule has 11 N–H and O–H groups in total. The SMILES string of the molecule is CC/C=C\C/C=C\CCCC[C@@H](O)CC(=O)SCCNC(=O)CCNC(=O)[C@H](O)C(C)(C)COP(=O)(O)OP(=O)(O)OC[C@H]1O[C@@H](n2cnc3c(N)ncnc32)[C@H](O)[C@@H]1OP(=O)(O)O. The van der Waals surface area contributed by atoms with E-state index in [-0.39, 0.29) is 53.8 Å². The smallest absolute Gasteiger partial charge is 0.393 e. The quantitative estimate of drug-likeness (QED) is 0.0316. The molecule has 2 amide bonds. The van der Waals surface area contributed by atoms with E-state index in [1.165, 1.54) is 13.8 Å². The molecule has 64 heavy (non-hydrogen) atoms. The average molecular weight is 990 g/mol. The van der Waals surface area contributed by atoms with E-state index in [0.29, 0.717) is 6.42 Å². The normalized spacial score (nSPS) is 21.2. The van der Waals surface area contributed by atoms with Gasteiger partial charge in [0.1, 0.15) is 36.3 Å². The van der Waals surface area contributed by atoms with Gasteiger partial charge in [0, 0.05) is 37.1 Å². The first-order chi connectivity index (χ1) is 29.9. The monoisotopic (exact) mass is 989 g/mol. The summed E-state index contributed by atoms with van der Waals surface area (Å²) in [6.45, 7) is 2.44. The van der Waals surface area contributed by atoms with Crippen LogP contribution in [0.2, 0.25) is 0 Å². The summed E-state index contributed by atoms with van der Waals surface area (Å²) < 4.78 is 62.3. The highest BCUT2D eigenvalue weighted by Gasteiger charge is 2.50. The molecule has 0 saturated carbocycles. The van der Waals surface area contributed by atoms with Crippen molar-refractivity contribution in [2.24, 2.45) is 5.41 Å². The second-order valence-electron chi connectivity index (χ2n) is 15.0. The number of nitrogens with two attached hydrogens (primary N) is 1. The van der Waals surface area contributed by atoms with Gasteiger partial charge in [0.05, 0.1) is 25.6 Å². The van der Waals surface area contributed by atoms with E-state index >= 15 is 0 Å². The zero-order chi connectivity index (χ0) is 47.7. The van der Waals surface area contributed by atoms with Crippen molar-refractivity contribution >= 4 is 69.1 Å². The molecule has 3 rings (SSSR count). The number of carbonyl (C=O) groups excluding carboxylic acids is 3. The first kappa shape index (κ1) is 55.3. The highest BCUT2D eigenvalue weighted by atomic mass is 32.2. The number of allylic oxidation sites excluding steroid dienone is 4. The lowest BCUT2D eigenvalue weighted by Gasteiger charge is -2.30. The van der Waals surface area contributed by atoms with Crippen LogP contribution < -0.4 is 16.4 Å². The number of hydrogen-bond acceptors (Lipinski definition) is 19. The molecule has 2 aromatic rings. The van der Waals surface area contributed by atoms with Gasteiger partial charge in [0.15, 0.2) is 22.8 Å². The van der Waals surface area contributed by atoms with E-state index in [2.05, 4.69) is 65.6 Å². The molecule has 0 bridgehead atoms. The minimum atomic E-state index is -5.59. The van der Waals surface area contributed by atoms with Crippen molar-refractivity contribution in [3.05, 3.63) is 37.0 Å². The topological polar surface area (TPSA) is 384 Å². The number of nitrogens with one attached hydrogen (secondary N) is 2. The standard InChI is InChI=1S/C35H58N7O18P3S/c1-4-5-6-7-8-9-10-11-12-13-23(43)18-26(45)64-17-16-37-25(44)14-15-38-33(48)30(47)35(2,3)20-57-63(54,55)60-62(52,53)56-19-24-29(59-61(49,50)51)28(46)34(58-24)42-22-41-27-31(36)39-21-40-32(27)42/h5-6,8-9,21-24,28-30,34,43,46-47H,4,7,10-20H2,1-3H3,(H,37,44)(H,38,48)(H,52,53)(H,54,55)(H2,36,39,40)(H2,49,50,51)/b6-5-,9-8-/t23-,24-,28-,29-,30+,34-/m1/s1. The van der Waals surface area contributed by atoms with Gasteiger partial charge in [-0.05, 0) is 32.1 Å². The molecule has 2 unspecified atom stereocenters. The molecular formula is C35H58N7O18P3S. The molecule has 2 aromatic heterocycles. The molecular weight excluding hydrogens is 931 g/mol. The zero-order valence-electron chi connectivity index (χ0n) is 35.4. The number of amides is 2. The molecule has 1 aliphatic rings. The highest BCUT2D eigenvalue weighted by Crippen LogP contribution is 2.61. The van der Waals surface area contributed by atoms with Crippen LogP contribution in [0.25, 0.3) is 11.2 Å². The van der Waals surface area contributed by atoms with Gasteiger partial charge < -0.3 is 56.0 Å². The van der Waals surface area contributed by atoms with E-state index in [4.69, 9.17) is 19.5 Å². The minimum Gasteiger partial charge on any atom is -0.393 e. The number of rotatable bonds is 29. The zero-order valence-corrected chi connectivity index (χ0v) is 38.9. The largest absolute Gasteiger partial charge is 0.481 e. The van der Waals surface area contributed by atoms with Gasteiger partial charge in [0.2, 0.25) is 11.8 Å². The number of ether oxygens (including phenoxy) is 1. The van der Waals surface area contributed by atoms with Crippen LogP contribution in [0, 0.1) is 5.41 Å². The molecule has 1 fully saturated rings. The number of hydrogen-bond donors (Lipinski definition) is 10. The summed E-state index contributed by atoms with van der Waals surface area (Å²) >= 11 is 0.978. The number of fused-ring (bicyclic) bond motifs is 1. The number of imidazole rings is 1. The van der Waals surface area contributed by atoms with Crippen LogP contribution >= 0.6 is 35.2 Å². The lowest BCUT2D eigenvalue weighted by molar-refractivity contribution is -0.137. The average Bonchev–Trinajstić information content (AvgIpc) is 3.76. The number of nitrogens with zero attached hydrogens (tertiary/aromatic N) is 4. The van der Waals surface area contributed by atoms with Crippen molar-refractivity contribution in [2.75, 3.05) is 37.8 Å². The number of aliphatic hydroxyl groups is 3. The summed E-state index contributed by atoms with van der Waals surface area (Å²) in [5.74, 6) is -1.25. The molecule has 0 aliphatic carbocycles. The third-order valence-electron chi connectivity index (χ3n) is 9.17. The maximum absolute atomic E-state index is 12.7. The predicted molar refractivity (Wildman–Crippen MR) is 229 cm³/mol. The number of nitrogen functional groups attached to an aromatic ring is 1. The maximum atomic E-state index is 12.7. The third-order valence-corrected chi connectivity index (χ3v) is 13.2. The van der Waals surface area contributed by atoms with Crippen LogP contribution in [-0.4, -0.2) is 134 Å². The molecule has 1 aliphatic heterocycles. The summed E-state index contributed by atoms with van der Waals surface area (Å²) in [5.41, 5.74) is 4.24. The molecule has 8 atom stereocenters. The minimum absolute atomic E-state index is 0.00184. The lowest BCUT2D eigenvalue weighted by Crippen LogP contribution is -2.46. The first-order valence-corrected chi connectivity index (χ1v) is 25.5. The molecule has 0 spiro atoms. The molecule has 1 saturated heterocycles. The van der Waals surface area contributed by atoms with E-state index < -0.39 is 90.7 Å². The Morgan fingerprint density at radius 2 is 1.70 bits per heavy atom. The Bertz CT molecular complexity index is 2060. The van der Waals surface area contributed by atoms with E-state index in [0.717, 1.165) is 61.1 Å². The second-order valence-corrected chi connectivity index (χ2v) is 20.4. The molecule has 29 heteroatoms. The van der Waals surface area contributed by atoms with Gasteiger partial charge in [-0.1, -0.05) is 63.3 Å². The fraction of sp³-hybridized carbons (Fsp3) is 0.657. The van der Waals surface area contributed by atoms with Crippen molar-refractivity contribution in [3.8, 4) is 0 Å². The van der Waals surface area contributed by atoms with Crippen LogP contribution in [-0.2, 0) is 50.7 Å². The number of carbonyl (C=O) groups is 3. The van der Waals surface area contributed by atoms with Crippen LogP contribution in [0.15, 0.2) is 37.0 Å². The molecule has 0 aromatic carbocycles. The van der Waals surface area contributed by atoms with Gasteiger partial charge >= 0.3 is 23.5 Å². The van der Waals surface area contributed by atoms with Crippen LogP contribution in [0.1, 0.15) is 78.4 Å². The Morgan fingerprint density at radius 1 is 1.00 bits per heavy atom. The van der Waals surface area contributed by atoms with Crippen LogP contribution in [0.5, 0.6) is 0 Å². The Morgan fingerprint density at radius 3 is 2.41 bits per heavy atom.